The van der Waals surface area contributed by atoms with Gasteiger partial charge in [0.15, 0.2) is 0 Å². The van der Waals surface area contributed by atoms with Crippen LogP contribution >= 0.6 is 0 Å². The molecule has 1 rings (SSSR count). The molecule has 0 radical (unpaired) electrons. The van der Waals surface area contributed by atoms with E-state index in [2.05, 4.69) is 5.32 Å². The molecule has 6 heteroatoms. The zero-order valence-electron chi connectivity index (χ0n) is 10.2. The molecule has 2 N–H and O–H groups in total. The summed E-state index contributed by atoms with van der Waals surface area (Å²) >= 11 is 0. The zero-order valence-corrected chi connectivity index (χ0v) is 11.0. The topological polar surface area (TPSA) is 69.6 Å². The van der Waals surface area contributed by atoms with E-state index in [0.29, 0.717) is 25.4 Å². The Morgan fingerprint density at radius 3 is 2.50 bits per heavy atom. The lowest BCUT2D eigenvalue weighted by Gasteiger charge is -2.25. The second-order valence-electron chi connectivity index (χ2n) is 4.81. The molecule has 2 atom stereocenters. The van der Waals surface area contributed by atoms with Crippen molar-refractivity contribution >= 4 is 10.0 Å². The van der Waals surface area contributed by atoms with Crippen molar-refractivity contribution in [3.63, 3.8) is 0 Å². The van der Waals surface area contributed by atoms with Crippen LogP contribution in [0.1, 0.15) is 20.3 Å². The normalized spacial score (nSPS) is 26.9. The van der Waals surface area contributed by atoms with Gasteiger partial charge in [-0.2, -0.15) is 4.31 Å². The number of β-amino-alcohol motifs (C(OH)–C–C–N with tert-alkyl or cyclic N) is 1. The summed E-state index contributed by atoms with van der Waals surface area (Å²) in [6.07, 6.45) is 0.0574. The van der Waals surface area contributed by atoms with Crippen molar-refractivity contribution in [1.29, 1.82) is 0 Å². The standard InChI is InChI=1S/C10H22N2O3S/c1-8(2)4-5-16(14,15)12(3)9-6-11-7-10(9)13/h8-11,13H,4-7H2,1-3H3/t9-,10-/m0/s1. The molecule has 0 aromatic heterocycles. The van der Waals surface area contributed by atoms with Gasteiger partial charge in [0.05, 0.1) is 17.9 Å². The fourth-order valence-corrected chi connectivity index (χ4v) is 3.44. The highest BCUT2D eigenvalue weighted by Crippen LogP contribution is 2.14. The maximum Gasteiger partial charge on any atom is 0.214 e. The number of hydrogen-bond acceptors (Lipinski definition) is 4. The van der Waals surface area contributed by atoms with Crippen LogP contribution in [0.5, 0.6) is 0 Å². The molecular formula is C10H22N2O3S. The van der Waals surface area contributed by atoms with E-state index in [4.69, 9.17) is 0 Å². The van der Waals surface area contributed by atoms with Crippen LogP contribution in [0.4, 0.5) is 0 Å². The largest absolute Gasteiger partial charge is 0.390 e. The number of rotatable bonds is 5. The predicted octanol–water partition coefficient (Wildman–Crippen LogP) is -0.373. The van der Waals surface area contributed by atoms with Crippen molar-refractivity contribution in [3.8, 4) is 0 Å². The Morgan fingerprint density at radius 1 is 1.44 bits per heavy atom. The van der Waals surface area contributed by atoms with E-state index in [0.717, 1.165) is 0 Å². The van der Waals surface area contributed by atoms with Gasteiger partial charge in [-0.15, -0.1) is 0 Å². The average Bonchev–Trinajstić information content (AvgIpc) is 2.60. The lowest BCUT2D eigenvalue weighted by Crippen LogP contribution is -2.45. The molecule has 1 fully saturated rings. The molecule has 0 aromatic rings. The monoisotopic (exact) mass is 250 g/mol. The Balaban J connectivity index is 2.60. The van der Waals surface area contributed by atoms with E-state index in [1.165, 1.54) is 4.31 Å². The van der Waals surface area contributed by atoms with Gasteiger partial charge in [0, 0.05) is 20.1 Å². The van der Waals surface area contributed by atoms with E-state index in [-0.39, 0.29) is 11.8 Å². The van der Waals surface area contributed by atoms with Crippen molar-refractivity contribution < 1.29 is 13.5 Å². The van der Waals surface area contributed by atoms with Crippen LogP contribution in [-0.4, -0.2) is 55.9 Å². The first-order valence-electron chi connectivity index (χ1n) is 5.69. The van der Waals surface area contributed by atoms with Crippen molar-refractivity contribution in [3.05, 3.63) is 0 Å². The smallest absolute Gasteiger partial charge is 0.214 e. The van der Waals surface area contributed by atoms with E-state index in [9.17, 15) is 13.5 Å². The maximum absolute atomic E-state index is 12.0. The van der Waals surface area contributed by atoms with Crippen molar-refractivity contribution in [2.45, 2.75) is 32.4 Å². The zero-order chi connectivity index (χ0) is 12.3. The van der Waals surface area contributed by atoms with Gasteiger partial charge < -0.3 is 10.4 Å². The minimum absolute atomic E-state index is 0.157. The second kappa shape index (κ2) is 5.44. The lowest BCUT2D eigenvalue weighted by molar-refractivity contribution is 0.136. The molecule has 96 valence electrons. The number of aliphatic hydroxyl groups is 1. The molecule has 1 saturated heterocycles. The van der Waals surface area contributed by atoms with Crippen LogP contribution in [0, 0.1) is 5.92 Å². The highest BCUT2D eigenvalue weighted by Gasteiger charge is 2.34. The summed E-state index contributed by atoms with van der Waals surface area (Å²) in [7, 11) is -1.69. The molecule has 0 aliphatic carbocycles. The Labute approximate surface area is 97.9 Å². The van der Waals surface area contributed by atoms with Gasteiger partial charge in [0.1, 0.15) is 0 Å². The minimum Gasteiger partial charge on any atom is -0.390 e. The fraction of sp³-hybridized carbons (Fsp3) is 1.00. The van der Waals surface area contributed by atoms with Crippen LogP contribution in [-0.2, 0) is 10.0 Å². The van der Waals surface area contributed by atoms with Gasteiger partial charge in [-0.1, -0.05) is 13.8 Å². The molecule has 0 bridgehead atoms. The SMILES string of the molecule is CC(C)CCS(=O)(=O)N(C)[C@H]1CNC[C@@H]1O. The summed E-state index contributed by atoms with van der Waals surface area (Å²) in [5.74, 6) is 0.527. The minimum atomic E-state index is -3.24. The number of nitrogens with zero attached hydrogens (tertiary/aromatic N) is 1. The highest BCUT2D eigenvalue weighted by molar-refractivity contribution is 7.89. The molecule has 0 saturated carbocycles. The van der Waals surface area contributed by atoms with E-state index < -0.39 is 16.1 Å². The van der Waals surface area contributed by atoms with Gasteiger partial charge in [-0.25, -0.2) is 8.42 Å². The summed E-state index contributed by atoms with van der Waals surface area (Å²) < 4.78 is 25.2. The van der Waals surface area contributed by atoms with Gasteiger partial charge in [-0.05, 0) is 12.3 Å². The van der Waals surface area contributed by atoms with Crippen molar-refractivity contribution in [1.82, 2.24) is 9.62 Å². The summed E-state index contributed by atoms with van der Waals surface area (Å²) in [5, 5.41) is 12.6. The third-order valence-corrected chi connectivity index (χ3v) is 4.91. The molecule has 0 aromatic carbocycles. The molecule has 0 spiro atoms. The van der Waals surface area contributed by atoms with E-state index in [1.54, 1.807) is 7.05 Å². The van der Waals surface area contributed by atoms with Gasteiger partial charge in [0.25, 0.3) is 0 Å². The third-order valence-electron chi connectivity index (χ3n) is 3.01. The Kier molecular flexibility index (Phi) is 4.73. The Morgan fingerprint density at radius 2 is 2.06 bits per heavy atom. The Bertz CT molecular complexity index is 316. The molecule has 1 heterocycles. The molecule has 0 amide bonds. The number of likely N-dealkylation sites (N-methyl/N-ethyl adjacent to an activating group) is 1. The number of sulfonamides is 1. The quantitative estimate of drug-likeness (QED) is 0.698. The highest BCUT2D eigenvalue weighted by atomic mass is 32.2. The third kappa shape index (κ3) is 3.41. The van der Waals surface area contributed by atoms with Gasteiger partial charge >= 0.3 is 0 Å². The predicted molar refractivity (Wildman–Crippen MR) is 63.7 cm³/mol. The summed E-state index contributed by atoms with van der Waals surface area (Å²) in [5.41, 5.74) is 0. The van der Waals surface area contributed by atoms with Crippen LogP contribution in [0.3, 0.4) is 0 Å². The first-order chi connectivity index (χ1) is 7.34. The molecular weight excluding hydrogens is 228 g/mol. The van der Waals surface area contributed by atoms with Crippen LogP contribution in [0.2, 0.25) is 0 Å². The molecule has 1 aliphatic rings. The van der Waals surface area contributed by atoms with Gasteiger partial charge in [0.2, 0.25) is 10.0 Å². The Hall–Kier alpha value is -0.170. The van der Waals surface area contributed by atoms with Gasteiger partial charge in [-0.3, -0.25) is 0 Å². The number of hydrogen-bond donors (Lipinski definition) is 2. The molecule has 0 unspecified atom stereocenters. The average molecular weight is 250 g/mol. The van der Waals surface area contributed by atoms with Crippen molar-refractivity contribution in [2.24, 2.45) is 5.92 Å². The fourth-order valence-electron chi connectivity index (χ4n) is 1.76. The first-order valence-corrected chi connectivity index (χ1v) is 7.30. The lowest BCUT2D eigenvalue weighted by atomic mass is 10.2. The first kappa shape index (κ1) is 13.9. The number of aliphatic hydroxyl groups excluding tert-OH is 1. The summed E-state index contributed by atoms with van der Waals surface area (Å²) in [6.45, 7) is 5.00. The van der Waals surface area contributed by atoms with Crippen molar-refractivity contribution in [2.75, 3.05) is 25.9 Å². The molecule has 1 aliphatic heterocycles. The van der Waals surface area contributed by atoms with E-state index >= 15 is 0 Å². The summed E-state index contributed by atoms with van der Waals surface area (Å²) in [4.78, 5) is 0. The molecule has 5 nitrogen and oxygen atoms in total. The maximum atomic E-state index is 12.0. The summed E-state index contributed by atoms with van der Waals surface area (Å²) in [6, 6.07) is -0.322. The van der Waals surface area contributed by atoms with Crippen LogP contribution in [0.15, 0.2) is 0 Å². The molecule has 16 heavy (non-hydrogen) atoms. The van der Waals surface area contributed by atoms with Crippen LogP contribution < -0.4 is 5.32 Å². The number of nitrogens with one attached hydrogen (secondary N) is 1. The van der Waals surface area contributed by atoms with E-state index in [1.807, 2.05) is 13.8 Å². The van der Waals surface area contributed by atoms with Crippen LogP contribution in [0.25, 0.3) is 0 Å². The second-order valence-corrected chi connectivity index (χ2v) is 6.96.